The number of carbonyl (C=O) groups is 2. The number of rotatable bonds is 5. The molecule has 1 aromatic carbocycles. The van der Waals surface area contributed by atoms with Crippen LogP contribution in [0.15, 0.2) is 29.2 Å². The maximum atomic E-state index is 12.9. The van der Waals surface area contributed by atoms with Gasteiger partial charge >= 0.3 is 5.97 Å². The molecule has 1 N–H and O–H groups in total. The Morgan fingerprint density at radius 3 is 2.14 bits per heavy atom. The lowest BCUT2D eigenvalue weighted by Crippen LogP contribution is -2.42. The molecule has 1 heterocycles. The van der Waals surface area contributed by atoms with Gasteiger partial charge in [0.25, 0.3) is 5.91 Å². The highest BCUT2D eigenvalue weighted by Crippen LogP contribution is 2.26. The Labute approximate surface area is 167 Å². The summed E-state index contributed by atoms with van der Waals surface area (Å²) >= 11 is 0. The number of ether oxygens (including phenoxy) is 1. The normalized spacial score (nSPS) is 21.2. The van der Waals surface area contributed by atoms with Gasteiger partial charge < -0.3 is 10.1 Å². The summed E-state index contributed by atoms with van der Waals surface area (Å²) in [6.07, 6.45) is 1.01. The first-order chi connectivity index (χ1) is 12.9. The maximum absolute atomic E-state index is 12.9. The van der Waals surface area contributed by atoms with Gasteiger partial charge in [-0.3, -0.25) is 4.79 Å². The van der Waals surface area contributed by atoms with E-state index in [1.807, 2.05) is 34.6 Å². The topological polar surface area (TPSA) is 92.8 Å². The Bertz CT molecular complexity index is 802. The summed E-state index contributed by atoms with van der Waals surface area (Å²) < 4.78 is 32.2. The minimum Gasteiger partial charge on any atom is -0.452 e. The highest BCUT2D eigenvalue weighted by Gasteiger charge is 2.31. The molecule has 7 nitrogen and oxygen atoms in total. The third-order valence-corrected chi connectivity index (χ3v) is 6.26. The Balaban J connectivity index is 2.02. The summed E-state index contributed by atoms with van der Waals surface area (Å²) in [5, 5.41) is 2.70. The molecule has 0 aliphatic carbocycles. The van der Waals surface area contributed by atoms with Gasteiger partial charge in [0.2, 0.25) is 10.0 Å². The van der Waals surface area contributed by atoms with Crippen LogP contribution in [-0.2, 0) is 19.6 Å². The van der Waals surface area contributed by atoms with E-state index in [0.717, 1.165) is 6.42 Å². The van der Waals surface area contributed by atoms with E-state index in [9.17, 15) is 18.0 Å². The van der Waals surface area contributed by atoms with E-state index in [1.165, 1.54) is 28.6 Å². The second kappa shape index (κ2) is 8.61. The molecule has 1 aromatic rings. The number of nitrogens with zero attached hydrogens (tertiary/aromatic N) is 1. The number of amides is 1. The fourth-order valence-corrected chi connectivity index (χ4v) is 5.06. The van der Waals surface area contributed by atoms with Crippen LogP contribution < -0.4 is 5.32 Å². The monoisotopic (exact) mass is 410 g/mol. The van der Waals surface area contributed by atoms with Crippen molar-refractivity contribution in [3.63, 3.8) is 0 Å². The van der Waals surface area contributed by atoms with Crippen molar-refractivity contribution in [1.29, 1.82) is 0 Å². The Morgan fingerprint density at radius 1 is 1.11 bits per heavy atom. The summed E-state index contributed by atoms with van der Waals surface area (Å²) in [7, 11) is -3.60. The molecule has 0 saturated carbocycles. The lowest BCUT2D eigenvalue weighted by Gasteiger charge is -2.34. The van der Waals surface area contributed by atoms with Crippen LogP contribution in [0.3, 0.4) is 0 Å². The molecule has 156 valence electrons. The smallest absolute Gasteiger partial charge is 0.338 e. The van der Waals surface area contributed by atoms with Gasteiger partial charge in [0.05, 0.1) is 10.5 Å². The molecule has 0 bridgehead atoms. The lowest BCUT2D eigenvalue weighted by molar-refractivity contribution is -0.125. The number of sulfonamides is 1. The van der Waals surface area contributed by atoms with Crippen molar-refractivity contribution < 1.29 is 22.7 Å². The Kier molecular flexibility index (Phi) is 6.88. The van der Waals surface area contributed by atoms with Crippen LogP contribution in [0.1, 0.15) is 51.4 Å². The molecule has 1 saturated heterocycles. The molecule has 8 heteroatoms. The third-order valence-electron chi connectivity index (χ3n) is 4.41. The van der Waals surface area contributed by atoms with E-state index in [-0.39, 0.29) is 17.1 Å². The number of hydrogen-bond acceptors (Lipinski definition) is 5. The van der Waals surface area contributed by atoms with Crippen molar-refractivity contribution in [2.45, 2.75) is 51.5 Å². The van der Waals surface area contributed by atoms with Crippen molar-refractivity contribution in [3.8, 4) is 0 Å². The number of benzene rings is 1. The summed E-state index contributed by atoms with van der Waals surface area (Å²) in [5.41, 5.74) is -0.217. The molecular formula is C20H30N2O5S. The van der Waals surface area contributed by atoms with Gasteiger partial charge in [-0.15, -0.1) is 0 Å². The van der Waals surface area contributed by atoms with Crippen molar-refractivity contribution >= 4 is 21.9 Å². The molecular weight excluding hydrogens is 380 g/mol. The largest absolute Gasteiger partial charge is 0.452 e. The van der Waals surface area contributed by atoms with Crippen LogP contribution >= 0.6 is 0 Å². The van der Waals surface area contributed by atoms with Gasteiger partial charge in [-0.25, -0.2) is 13.2 Å². The van der Waals surface area contributed by atoms with Gasteiger partial charge in [-0.05, 0) is 63.3 Å². The Morgan fingerprint density at radius 2 is 1.64 bits per heavy atom. The molecule has 2 unspecified atom stereocenters. The highest BCUT2D eigenvalue weighted by molar-refractivity contribution is 7.89. The van der Waals surface area contributed by atoms with E-state index in [1.54, 1.807) is 0 Å². The van der Waals surface area contributed by atoms with Crippen LogP contribution in [0.5, 0.6) is 0 Å². The molecule has 2 rings (SSSR count). The summed E-state index contributed by atoms with van der Waals surface area (Å²) in [6.45, 7) is 10.2. The van der Waals surface area contributed by atoms with E-state index in [4.69, 9.17) is 4.74 Å². The molecule has 1 fully saturated rings. The van der Waals surface area contributed by atoms with Crippen LogP contribution in [0.4, 0.5) is 0 Å². The Hall–Kier alpha value is -1.93. The zero-order chi connectivity index (χ0) is 21.1. The summed E-state index contributed by atoms with van der Waals surface area (Å²) in [5.74, 6) is -0.444. The molecule has 1 amide bonds. The summed E-state index contributed by atoms with van der Waals surface area (Å²) in [6, 6.07) is 5.64. The van der Waals surface area contributed by atoms with Crippen LogP contribution in [-0.4, -0.2) is 49.8 Å². The molecule has 2 atom stereocenters. The quantitative estimate of drug-likeness (QED) is 0.753. The van der Waals surface area contributed by atoms with Gasteiger partial charge in [-0.2, -0.15) is 4.31 Å². The van der Waals surface area contributed by atoms with E-state index < -0.39 is 27.4 Å². The van der Waals surface area contributed by atoms with E-state index in [2.05, 4.69) is 5.32 Å². The number of hydrogen-bond donors (Lipinski definition) is 1. The minimum atomic E-state index is -3.60. The first-order valence-electron chi connectivity index (χ1n) is 9.47. The van der Waals surface area contributed by atoms with Crippen molar-refractivity contribution in [3.05, 3.63) is 29.8 Å². The number of carbonyl (C=O) groups excluding carboxylic acids is 2. The zero-order valence-electron chi connectivity index (χ0n) is 17.2. The standard InChI is InChI=1S/C20H30N2O5S/c1-14-10-15(2)12-22(11-14)28(25,26)17-8-6-16(7-9-17)19(24)27-13-18(23)21-20(3,4)5/h6-9,14-15H,10-13H2,1-5H3,(H,21,23). The van der Waals surface area contributed by atoms with Crippen molar-refractivity contribution in [1.82, 2.24) is 9.62 Å². The molecule has 0 aromatic heterocycles. The molecule has 28 heavy (non-hydrogen) atoms. The number of piperidine rings is 1. The minimum absolute atomic E-state index is 0.149. The van der Waals surface area contributed by atoms with Gasteiger partial charge in [-0.1, -0.05) is 13.8 Å². The van der Waals surface area contributed by atoms with Crippen molar-refractivity contribution in [2.24, 2.45) is 11.8 Å². The molecule has 0 spiro atoms. The maximum Gasteiger partial charge on any atom is 0.338 e. The molecule has 1 aliphatic rings. The number of nitrogens with one attached hydrogen (secondary N) is 1. The van der Waals surface area contributed by atoms with E-state index >= 15 is 0 Å². The fraction of sp³-hybridized carbons (Fsp3) is 0.600. The zero-order valence-corrected chi connectivity index (χ0v) is 18.0. The van der Waals surface area contributed by atoms with Crippen LogP contribution in [0.2, 0.25) is 0 Å². The van der Waals surface area contributed by atoms with E-state index in [0.29, 0.717) is 24.9 Å². The molecule has 1 aliphatic heterocycles. The highest BCUT2D eigenvalue weighted by atomic mass is 32.2. The first kappa shape index (κ1) is 22.4. The average Bonchev–Trinajstić information content (AvgIpc) is 2.57. The van der Waals surface area contributed by atoms with Crippen LogP contribution in [0, 0.1) is 11.8 Å². The second-order valence-electron chi connectivity index (χ2n) is 8.67. The SMILES string of the molecule is CC1CC(C)CN(S(=O)(=O)c2ccc(C(=O)OCC(=O)NC(C)(C)C)cc2)C1. The first-order valence-corrected chi connectivity index (χ1v) is 10.9. The third kappa shape index (κ3) is 6.04. The fourth-order valence-electron chi connectivity index (χ4n) is 3.38. The van der Waals surface area contributed by atoms with Gasteiger partial charge in [0.15, 0.2) is 6.61 Å². The van der Waals surface area contributed by atoms with Crippen molar-refractivity contribution in [2.75, 3.05) is 19.7 Å². The lowest BCUT2D eigenvalue weighted by atomic mass is 9.94. The molecule has 0 radical (unpaired) electrons. The predicted molar refractivity (Wildman–Crippen MR) is 106 cm³/mol. The van der Waals surface area contributed by atoms with Crippen LogP contribution in [0.25, 0.3) is 0 Å². The summed E-state index contributed by atoms with van der Waals surface area (Å²) in [4.78, 5) is 24.0. The number of esters is 1. The second-order valence-corrected chi connectivity index (χ2v) is 10.6. The predicted octanol–water partition coefficient (Wildman–Crippen LogP) is 2.42. The van der Waals surface area contributed by atoms with Gasteiger partial charge in [0.1, 0.15) is 0 Å². The van der Waals surface area contributed by atoms with Gasteiger partial charge in [0, 0.05) is 18.6 Å². The average molecular weight is 411 g/mol.